The van der Waals surface area contributed by atoms with Crippen LogP contribution in [0.25, 0.3) is 0 Å². The van der Waals surface area contributed by atoms with Crippen molar-refractivity contribution in [2.45, 2.75) is 44.6 Å². The van der Waals surface area contributed by atoms with Crippen molar-refractivity contribution in [3.8, 4) is 5.88 Å². The summed E-state index contributed by atoms with van der Waals surface area (Å²) in [6.45, 7) is 0.447. The van der Waals surface area contributed by atoms with Crippen molar-refractivity contribution in [1.29, 1.82) is 0 Å². The molecule has 0 atom stereocenters. The van der Waals surface area contributed by atoms with Crippen LogP contribution in [-0.2, 0) is 6.42 Å². The predicted molar refractivity (Wildman–Crippen MR) is 101 cm³/mol. The Hall–Kier alpha value is -2.89. The van der Waals surface area contributed by atoms with Crippen LogP contribution in [0.5, 0.6) is 5.88 Å². The summed E-state index contributed by atoms with van der Waals surface area (Å²) in [5.41, 5.74) is 1.66. The van der Waals surface area contributed by atoms with Gasteiger partial charge in [-0.3, -0.25) is 4.79 Å². The SMILES string of the molecule is O=C(O)c1ccc(CCNC(=O)c2cccnc2OC2CCCCC2)cc1. The highest BCUT2D eigenvalue weighted by molar-refractivity contribution is 5.96. The van der Waals surface area contributed by atoms with Crippen molar-refractivity contribution >= 4 is 11.9 Å². The Bertz CT molecular complexity index is 783. The molecular weight excluding hydrogens is 344 g/mol. The number of pyridine rings is 1. The van der Waals surface area contributed by atoms with Gasteiger partial charge in [-0.2, -0.15) is 0 Å². The fourth-order valence-corrected chi connectivity index (χ4v) is 3.23. The molecule has 6 heteroatoms. The third kappa shape index (κ3) is 5.29. The van der Waals surface area contributed by atoms with Crippen molar-refractivity contribution in [1.82, 2.24) is 10.3 Å². The molecule has 2 aromatic rings. The van der Waals surface area contributed by atoms with Crippen LogP contribution < -0.4 is 10.1 Å². The highest BCUT2D eigenvalue weighted by Crippen LogP contribution is 2.24. The Morgan fingerprint density at radius 3 is 2.56 bits per heavy atom. The maximum atomic E-state index is 12.5. The summed E-state index contributed by atoms with van der Waals surface area (Å²) in [6, 6.07) is 10.1. The predicted octanol–water partition coefficient (Wildman–Crippen LogP) is 3.46. The molecule has 1 heterocycles. The summed E-state index contributed by atoms with van der Waals surface area (Å²) < 4.78 is 5.98. The molecule has 0 bridgehead atoms. The zero-order valence-electron chi connectivity index (χ0n) is 15.2. The number of aromatic nitrogens is 1. The standard InChI is InChI=1S/C21H24N2O4/c24-19(22-14-12-15-8-10-16(11-9-15)21(25)26)18-7-4-13-23-20(18)27-17-5-2-1-3-6-17/h4,7-11,13,17H,1-3,5-6,12,14H2,(H,22,24)(H,25,26). The van der Waals surface area contributed by atoms with Crippen LogP contribution in [0.1, 0.15) is 58.4 Å². The third-order valence-electron chi connectivity index (χ3n) is 4.75. The van der Waals surface area contributed by atoms with E-state index in [-0.39, 0.29) is 17.6 Å². The van der Waals surface area contributed by atoms with Gasteiger partial charge >= 0.3 is 5.97 Å². The molecule has 1 aliphatic carbocycles. The number of nitrogens with zero attached hydrogens (tertiary/aromatic N) is 1. The second-order valence-electron chi connectivity index (χ2n) is 6.74. The van der Waals surface area contributed by atoms with Crippen LogP contribution in [0.3, 0.4) is 0 Å². The number of hydrogen-bond donors (Lipinski definition) is 2. The molecule has 0 radical (unpaired) electrons. The van der Waals surface area contributed by atoms with E-state index in [1.807, 2.05) is 0 Å². The van der Waals surface area contributed by atoms with E-state index < -0.39 is 5.97 Å². The van der Waals surface area contributed by atoms with Gasteiger partial charge in [0.25, 0.3) is 5.91 Å². The van der Waals surface area contributed by atoms with Gasteiger partial charge in [-0.15, -0.1) is 0 Å². The number of carboxylic acid groups (broad SMARTS) is 1. The van der Waals surface area contributed by atoms with Gasteiger partial charge in [0.1, 0.15) is 11.7 Å². The number of aromatic carboxylic acids is 1. The first-order chi connectivity index (χ1) is 13.1. The summed E-state index contributed by atoms with van der Waals surface area (Å²) in [5, 5.41) is 11.8. The van der Waals surface area contributed by atoms with Gasteiger partial charge in [-0.05, 0) is 61.9 Å². The molecule has 1 aromatic heterocycles. The number of carboxylic acids is 1. The topological polar surface area (TPSA) is 88.5 Å². The van der Waals surface area contributed by atoms with E-state index in [4.69, 9.17) is 9.84 Å². The Morgan fingerprint density at radius 2 is 1.85 bits per heavy atom. The molecule has 2 N–H and O–H groups in total. The quantitative estimate of drug-likeness (QED) is 0.781. The zero-order chi connectivity index (χ0) is 19.1. The van der Waals surface area contributed by atoms with Crippen LogP contribution in [0.2, 0.25) is 0 Å². The molecule has 1 amide bonds. The van der Waals surface area contributed by atoms with E-state index in [1.165, 1.54) is 6.42 Å². The first-order valence-corrected chi connectivity index (χ1v) is 9.35. The van der Waals surface area contributed by atoms with Crippen LogP contribution in [0, 0.1) is 0 Å². The van der Waals surface area contributed by atoms with Gasteiger partial charge in [0.15, 0.2) is 0 Å². The molecule has 0 aliphatic heterocycles. The molecule has 142 valence electrons. The van der Waals surface area contributed by atoms with Crippen LogP contribution in [0.15, 0.2) is 42.6 Å². The van der Waals surface area contributed by atoms with E-state index in [0.717, 1.165) is 31.2 Å². The maximum absolute atomic E-state index is 12.5. The largest absolute Gasteiger partial charge is 0.478 e. The molecule has 1 saturated carbocycles. The number of amides is 1. The lowest BCUT2D eigenvalue weighted by atomic mass is 9.98. The second-order valence-corrected chi connectivity index (χ2v) is 6.74. The monoisotopic (exact) mass is 368 g/mol. The van der Waals surface area contributed by atoms with Crippen molar-refractivity contribution < 1.29 is 19.4 Å². The van der Waals surface area contributed by atoms with E-state index in [0.29, 0.717) is 24.4 Å². The second kappa shape index (κ2) is 9.16. The minimum absolute atomic E-state index is 0.132. The highest BCUT2D eigenvalue weighted by Gasteiger charge is 2.19. The Kier molecular flexibility index (Phi) is 6.41. The van der Waals surface area contributed by atoms with Crippen molar-refractivity contribution in [3.05, 3.63) is 59.3 Å². The number of ether oxygens (including phenoxy) is 1. The first kappa shape index (κ1) is 18.9. The summed E-state index contributed by atoms with van der Waals surface area (Å²) in [6.07, 6.45) is 7.94. The zero-order valence-corrected chi connectivity index (χ0v) is 15.2. The number of benzene rings is 1. The van der Waals surface area contributed by atoms with Crippen molar-refractivity contribution in [2.75, 3.05) is 6.54 Å². The number of hydrogen-bond acceptors (Lipinski definition) is 4. The number of nitrogens with one attached hydrogen (secondary N) is 1. The Balaban J connectivity index is 1.55. The van der Waals surface area contributed by atoms with Gasteiger partial charge in [0.05, 0.1) is 5.56 Å². The summed E-state index contributed by atoms with van der Waals surface area (Å²) in [7, 11) is 0. The highest BCUT2D eigenvalue weighted by atomic mass is 16.5. The molecular formula is C21H24N2O4. The molecule has 1 aliphatic rings. The number of rotatable bonds is 7. The van der Waals surface area contributed by atoms with Crippen molar-refractivity contribution in [3.63, 3.8) is 0 Å². The molecule has 6 nitrogen and oxygen atoms in total. The third-order valence-corrected chi connectivity index (χ3v) is 4.75. The molecule has 3 rings (SSSR count). The van der Waals surface area contributed by atoms with E-state index in [9.17, 15) is 9.59 Å². The molecule has 27 heavy (non-hydrogen) atoms. The van der Waals surface area contributed by atoms with Gasteiger partial charge in [0, 0.05) is 12.7 Å². The van der Waals surface area contributed by atoms with Gasteiger partial charge < -0.3 is 15.2 Å². The lowest BCUT2D eigenvalue weighted by Crippen LogP contribution is -2.28. The Labute approximate surface area is 158 Å². The molecule has 1 fully saturated rings. The maximum Gasteiger partial charge on any atom is 0.335 e. The summed E-state index contributed by atoms with van der Waals surface area (Å²) >= 11 is 0. The van der Waals surface area contributed by atoms with E-state index in [2.05, 4.69) is 10.3 Å². The van der Waals surface area contributed by atoms with Crippen LogP contribution in [0.4, 0.5) is 0 Å². The van der Waals surface area contributed by atoms with Gasteiger partial charge in [-0.25, -0.2) is 9.78 Å². The van der Waals surface area contributed by atoms with Crippen LogP contribution >= 0.6 is 0 Å². The average molecular weight is 368 g/mol. The fraction of sp³-hybridized carbons (Fsp3) is 0.381. The van der Waals surface area contributed by atoms with Gasteiger partial charge in [0.2, 0.25) is 5.88 Å². The van der Waals surface area contributed by atoms with Crippen LogP contribution in [-0.4, -0.2) is 34.6 Å². The van der Waals surface area contributed by atoms with Crippen molar-refractivity contribution in [2.24, 2.45) is 0 Å². The molecule has 0 unspecified atom stereocenters. The van der Waals surface area contributed by atoms with E-state index >= 15 is 0 Å². The summed E-state index contributed by atoms with van der Waals surface area (Å²) in [5.74, 6) is -0.763. The number of carbonyl (C=O) groups is 2. The average Bonchev–Trinajstić information content (AvgIpc) is 2.69. The smallest absolute Gasteiger partial charge is 0.335 e. The number of carbonyl (C=O) groups excluding carboxylic acids is 1. The lowest BCUT2D eigenvalue weighted by molar-refractivity contribution is 0.0696. The fourth-order valence-electron chi connectivity index (χ4n) is 3.23. The van der Waals surface area contributed by atoms with Gasteiger partial charge in [-0.1, -0.05) is 18.6 Å². The molecule has 0 spiro atoms. The van der Waals surface area contributed by atoms with E-state index in [1.54, 1.807) is 42.6 Å². The molecule has 1 aromatic carbocycles. The minimum Gasteiger partial charge on any atom is -0.478 e. The lowest BCUT2D eigenvalue weighted by Gasteiger charge is -2.23. The minimum atomic E-state index is -0.947. The summed E-state index contributed by atoms with van der Waals surface area (Å²) in [4.78, 5) is 27.7. The normalized spacial score (nSPS) is 14.5. The first-order valence-electron chi connectivity index (χ1n) is 9.35. The molecule has 0 saturated heterocycles. The Morgan fingerprint density at radius 1 is 1.11 bits per heavy atom.